The number of nitrogens with one attached hydrogen (secondary N) is 1. The van der Waals surface area contributed by atoms with Gasteiger partial charge in [-0.05, 0) is 12.1 Å². The molecule has 0 saturated heterocycles. The molecule has 0 atom stereocenters. The number of thioether (sulfide) groups is 1. The minimum absolute atomic E-state index is 0.135. The van der Waals surface area contributed by atoms with Gasteiger partial charge in [-0.3, -0.25) is 9.59 Å². The lowest BCUT2D eigenvalue weighted by Crippen LogP contribution is -2.16. The van der Waals surface area contributed by atoms with Crippen molar-refractivity contribution in [3.05, 3.63) is 62.9 Å². The number of carbonyl (C=O) groups is 2. The van der Waals surface area contributed by atoms with Gasteiger partial charge in [0.2, 0.25) is 22.2 Å². The molecule has 30 heavy (non-hydrogen) atoms. The van der Waals surface area contributed by atoms with Crippen LogP contribution in [0.4, 0.5) is 9.52 Å². The molecule has 156 valence electrons. The summed E-state index contributed by atoms with van der Waals surface area (Å²) >= 11 is 8.24. The molecule has 1 amide bonds. The third-order valence-electron chi connectivity index (χ3n) is 3.53. The zero-order chi connectivity index (χ0) is 21.7. The van der Waals surface area contributed by atoms with Crippen LogP contribution in [0, 0.1) is 5.82 Å². The number of nitrogens with zero attached hydrogens (tertiary/aromatic N) is 2. The SMILES string of the molecule is CCC(=O)Nc1nnc(SCc2cc(=O)c(OC(=O)c3c(F)cccc3Cl)co2)s1. The van der Waals surface area contributed by atoms with Crippen molar-refractivity contribution >= 4 is 51.7 Å². The quantitative estimate of drug-likeness (QED) is 0.312. The third kappa shape index (κ3) is 5.43. The zero-order valence-electron chi connectivity index (χ0n) is 15.3. The van der Waals surface area contributed by atoms with Gasteiger partial charge in [0, 0.05) is 12.5 Å². The number of rotatable bonds is 7. The van der Waals surface area contributed by atoms with Crippen LogP contribution in [0.1, 0.15) is 29.5 Å². The van der Waals surface area contributed by atoms with E-state index in [4.69, 9.17) is 20.8 Å². The molecule has 0 aliphatic rings. The van der Waals surface area contributed by atoms with Crippen molar-refractivity contribution in [3.63, 3.8) is 0 Å². The molecule has 0 saturated carbocycles. The standard InChI is InChI=1S/C18H13ClFN3O5S2/c1-2-14(25)21-17-22-23-18(30-17)29-8-9-6-12(24)13(7-27-9)28-16(26)15-10(19)4-3-5-11(15)20/h3-7H,2,8H2,1H3,(H,21,22,25). The molecule has 1 N–H and O–H groups in total. The lowest BCUT2D eigenvalue weighted by atomic mass is 10.2. The molecule has 0 radical (unpaired) electrons. The number of halogens is 2. The fourth-order valence-electron chi connectivity index (χ4n) is 2.09. The van der Waals surface area contributed by atoms with E-state index in [1.807, 2.05) is 0 Å². The highest BCUT2D eigenvalue weighted by Gasteiger charge is 2.20. The van der Waals surface area contributed by atoms with Gasteiger partial charge in [-0.1, -0.05) is 47.7 Å². The van der Waals surface area contributed by atoms with Crippen LogP contribution in [-0.2, 0) is 10.5 Å². The van der Waals surface area contributed by atoms with E-state index >= 15 is 0 Å². The highest BCUT2D eigenvalue weighted by molar-refractivity contribution is 8.00. The van der Waals surface area contributed by atoms with E-state index in [0.717, 1.165) is 18.4 Å². The topological polar surface area (TPSA) is 111 Å². The second-order valence-corrected chi connectivity index (χ2v) is 8.23. The average Bonchev–Trinajstić information content (AvgIpc) is 3.15. The second-order valence-electron chi connectivity index (χ2n) is 5.62. The van der Waals surface area contributed by atoms with E-state index < -0.39 is 28.5 Å². The van der Waals surface area contributed by atoms with Crippen LogP contribution in [-0.4, -0.2) is 22.1 Å². The Balaban J connectivity index is 1.64. The minimum atomic E-state index is -1.11. The second kappa shape index (κ2) is 9.83. The summed E-state index contributed by atoms with van der Waals surface area (Å²) in [6, 6.07) is 4.88. The summed E-state index contributed by atoms with van der Waals surface area (Å²) in [5, 5.41) is 10.6. The Kier molecular flexibility index (Phi) is 7.19. The summed E-state index contributed by atoms with van der Waals surface area (Å²) in [5.74, 6) is -1.99. The number of anilines is 1. The van der Waals surface area contributed by atoms with Gasteiger partial charge in [0.05, 0.1) is 10.8 Å². The molecule has 0 unspecified atom stereocenters. The predicted molar refractivity (Wildman–Crippen MR) is 110 cm³/mol. The Bertz CT molecular complexity index is 1130. The zero-order valence-corrected chi connectivity index (χ0v) is 17.7. The van der Waals surface area contributed by atoms with Crippen LogP contribution in [0.2, 0.25) is 5.02 Å². The highest BCUT2D eigenvalue weighted by Crippen LogP contribution is 2.28. The lowest BCUT2D eigenvalue weighted by Gasteiger charge is -2.06. The molecule has 3 aromatic rings. The first-order chi connectivity index (χ1) is 14.4. The molecular weight excluding hydrogens is 457 g/mol. The van der Waals surface area contributed by atoms with Crippen molar-refractivity contribution in [2.24, 2.45) is 0 Å². The number of aromatic nitrogens is 2. The summed E-state index contributed by atoms with van der Waals surface area (Å²) in [4.78, 5) is 35.7. The molecule has 0 spiro atoms. The lowest BCUT2D eigenvalue weighted by molar-refractivity contribution is -0.115. The van der Waals surface area contributed by atoms with Gasteiger partial charge in [0.25, 0.3) is 0 Å². The number of hydrogen-bond acceptors (Lipinski definition) is 9. The van der Waals surface area contributed by atoms with E-state index in [2.05, 4.69) is 15.5 Å². The van der Waals surface area contributed by atoms with Crippen molar-refractivity contribution < 1.29 is 23.1 Å². The normalized spacial score (nSPS) is 10.6. The van der Waals surface area contributed by atoms with E-state index in [0.29, 0.717) is 21.7 Å². The van der Waals surface area contributed by atoms with Crippen molar-refractivity contribution in [3.8, 4) is 5.75 Å². The molecule has 12 heteroatoms. The van der Waals surface area contributed by atoms with Crippen LogP contribution in [0.25, 0.3) is 0 Å². The smallest absolute Gasteiger partial charge is 0.348 e. The monoisotopic (exact) mass is 469 g/mol. The molecule has 1 aromatic carbocycles. The maximum Gasteiger partial charge on any atom is 0.348 e. The number of amides is 1. The highest BCUT2D eigenvalue weighted by atomic mass is 35.5. The Hall–Kier alpha value is -2.76. The van der Waals surface area contributed by atoms with Crippen LogP contribution in [0.15, 0.2) is 44.1 Å². The number of hydrogen-bond donors (Lipinski definition) is 1. The van der Waals surface area contributed by atoms with Gasteiger partial charge >= 0.3 is 5.97 Å². The molecule has 2 aromatic heterocycles. The van der Waals surface area contributed by atoms with Crippen LogP contribution in [0.3, 0.4) is 0 Å². The van der Waals surface area contributed by atoms with E-state index in [-0.39, 0.29) is 16.7 Å². The maximum absolute atomic E-state index is 13.8. The maximum atomic E-state index is 13.8. The number of carbonyl (C=O) groups excluding carboxylic acids is 2. The van der Waals surface area contributed by atoms with Crippen LogP contribution >= 0.6 is 34.7 Å². The summed E-state index contributed by atoms with van der Waals surface area (Å²) < 4.78 is 24.6. The number of benzene rings is 1. The molecule has 0 aliphatic heterocycles. The Morgan fingerprint density at radius 3 is 2.87 bits per heavy atom. The van der Waals surface area contributed by atoms with Crippen molar-refractivity contribution in [1.82, 2.24) is 10.2 Å². The minimum Gasteiger partial charge on any atom is -0.464 e. The number of esters is 1. The molecule has 0 bridgehead atoms. The van der Waals surface area contributed by atoms with Crippen molar-refractivity contribution in [2.45, 2.75) is 23.4 Å². The average molecular weight is 470 g/mol. The Morgan fingerprint density at radius 1 is 1.37 bits per heavy atom. The van der Waals surface area contributed by atoms with Crippen molar-refractivity contribution in [2.75, 3.05) is 5.32 Å². The first-order valence-electron chi connectivity index (χ1n) is 8.41. The van der Waals surface area contributed by atoms with Gasteiger partial charge < -0.3 is 14.5 Å². The van der Waals surface area contributed by atoms with Gasteiger partial charge in [-0.15, -0.1) is 10.2 Å². The summed E-state index contributed by atoms with van der Waals surface area (Å²) in [6.45, 7) is 1.72. The first-order valence-corrected chi connectivity index (χ1v) is 10.6. The fourth-order valence-corrected chi connectivity index (χ4v) is 3.99. The molecule has 3 rings (SSSR count). The number of ether oxygens (including phenoxy) is 1. The van der Waals surface area contributed by atoms with Gasteiger partial charge in [0.1, 0.15) is 23.4 Å². The van der Waals surface area contributed by atoms with Gasteiger partial charge in [0.15, 0.2) is 4.34 Å². The summed E-state index contributed by atoms with van der Waals surface area (Å²) in [5.41, 5.74) is -1.09. The van der Waals surface area contributed by atoms with E-state index in [9.17, 15) is 18.8 Å². The molecular formula is C18H13ClFN3O5S2. The molecule has 0 fully saturated rings. The summed E-state index contributed by atoms with van der Waals surface area (Å²) in [6.07, 6.45) is 1.30. The predicted octanol–water partition coefficient (Wildman–Crippen LogP) is 4.14. The first kappa shape index (κ1) is 21.9. The largest absolute Gasteiger partial charge is 0.464 e. The van der Waals surface area contributed by atoms with Gasteiger partial charge in [-0.25, -0.2) is 9.18 Å². The third-order valence-corrected chi connectivity index (χ3v) is 5.84. The van der Waals surface area contributed by atoms with Crippen LogP contribution in [0.5, 0.6) is 5.75 Å². The van der Waals surface area contributed by atoms with Gasteiger partial charge in [-0.2, -0.15) is 0 Å². The fraction of sp³-hybridized carbons (Fsp3) is 0.167. The van der Waals surface area contributed by atoms with E-state index in [1.165, 1.54) is 35.2 Å². The molecule has 8 nitrogen and oxygen atoms in total. The van der Waals surface area contributed by atoms with Crippen molar-refractivity contribution in [1.29, 1.82) is 0 Å². The Labute approximate surface area is 182 Å². The van der Waals surface area contributed by atoms with E-state index in [1.54, 1.807) is 6.92 Å². The Morgan fingerprint density at radius 2 is 2.17 bits per heavy atom. The molecule has 0 aliphatic carbocycles. The summed E-state index contributed by atoms with van der Waals surface area (Å²) in [7, 11) is 0. The molecule has 2 heterocycles. The van der Waals surface area contributed by atoms with Crippen LogP contribution < -0.4 is 15.5 Å².